The maximum absolute atomic E-state index is 14.3. The molecule has 0 fully saturated rings. The Morgan fingerprint density at radius 2 is 2.03 bits per heavy atom. The van der Waals surface area contributed by atoms with E-state index in [0.29, 0.717) is 0 Å². The van der Waals surface area contributed by atoms with E-state index in [1.807, 2.05) is 6.07 Å². The molecule has 1 aromatic carbocycles. The lowest BCUT2D eigenvalue weighted by Gasteiger charge is -2.27. The number of anilines is 1. The lowest BCUT2D eigenvalue weighted by molar-refractivity contribution is -0.204. The topological polar surface area (TPSA) is 113 Å². The van der Waals surface area contributed by atoms with Gasteiger partial charge in [0.1, 0.15) is 17.6 Å². The van der Waals surface area contributed by atoms with Crippen LogP contribution in [0.2, 0.25) is 0 Å². The molecule has 2 aromatic rings. The van der Waals surface area contributed by atoms with Gasteiger partial charge in [-0.3, -0.25) is 4.79 Å². The first kappa shape index (κ1) is 22.6. The summed E-state index contributed by atoms with van der Waals surface area (Å²) < 4.78 is 59.2. The van der Waals surface area contributed by atoms with Gasteiger partial charge in [0, 0.05) is 24.8 Å². The molecule has 158 valence electrons. The molecule has 7 nitrogen and oxygen atoms in total. The van der Waals surface area contributed by atoms with Crippen LogP contribution in [-0.2, 0) is 4.74 Å². The summed E-state index contributed by atoms with van der Waals surface area (Å²) in [6, 6.07) is 7.04. The van der Waals surface area contributed by atoms with Crippen molar-refractivity contribution < 1.29 is 27.1 Å². The lowest BCUT2D eigenvalue weighted by atomic mass is 9.93. The van der Waals surface area contributed by atoms with Gasteiger partial charge < -0.3 is 15.8 Å². The molecule has 0 radical (unpaired) electrons. The zero-order valence-electron chi connectivity index (χ0n) is 15.9. The molecule has 0 aliphatic carbocycles. The molecular formula is C19H17F4N5O2. The Morgan fingerprint density at radius 1 is 1.33 bits per heavy atom. The van der Waals surface area contributed by atoms with Crippen molar-refractivity contribution in [2.75, 3.05) is 12.4 Å². The van der Waals surface area contributed by atoms with Crippen LogP contribution < -0.4 is 11.1 Å². The minimum absolute atomic E-state index is 0.0312. The highest BCUT2D eigenvalue weighted by atomic mass is 19.4. The molecule has 2 rings (SSSR count). The summed E-state index contributed by atoms with van der Waals surface area (Å²) in [5.74, 6) is -3.10. The number of ether oxygens (including phenoxy) is 1. The molecule has 3 N–H and O–H groups in total. The number of amides is 1. The van der Waals surface area contributed by atoms with E-state index in [-0.39, 0.29) is 22.5 Å². The van der Waals surface area contributed by atoms with E-state index in [0.717, 1.165) is 26.1 Å². The molecule has 0 aliphatic rings. The molecule has 1 aromatic heterocycles. The van der Waals surface area contributed by atoms with E-state index >= 15 is 0 Å². The van der Waals surface area contributed by atoms with Gasteiger partial charge in [-0.2, -0.15) is 18.4 Å². The smallest absolute Gasteiger partial charge is 0.426 e. The monoisotopic (exact) mass is 423 g/mol. The summed E-state index contributed by atoms with van der Waals surface area (Å²) in [5.41, 5.74) is 5.18. The molecule has 1 heterocycles. The standard InChI is InChI=1S/C19H17F4N5O2/c1-10(16(19(21,22)23)30-18(25)26-2)13-7-12(4-5-14(13)20)28-17(29)15-6-3-11(8-24)9-27-15/h3-7,9-10,16H,1-2H3,(H2,25,26)(H,28,29)/t10-,16-/m0/s1. The molecular weight excluding hydrogens is 406 g/mol. The number of aliphatic imine (C=N–C) groups is 1. The fourth-order valence-electron chi connectivity index (χ4n) is 2.56. The lowest BCUT2D eigenvalue weighted by Crippen LogP contribution is -2.40. The van der Waals surface area contributed by atoms with Gasteiger partial charge in [0.15, 0.2) is 0 Å². The average molecular weight is 423 g/mol. The van der Waals surface area contributed by atoms with Crippen molar-refractivity contribution in [3.63, 3.8) is 0 Å². The van der Waals surface area contributed by atoms with E-state index in [4.69, 9.17) is 11.0 Å². The van der Waals surface area contributed by atoms with Crippen molar-refractivity contribution in [1.82, 2.24) is 4.98 Å². The Bertz CT molecular complexity index is 984. The molecule has 0 saturated heterocycles. The van der Waals surface area contributed by atoms with Crippen LogP contribution in [-0.4, -0.2) is 36.2 Å². The summed E-state index contributed by atoms with van der Waals surface area (Å²) >= 11 is 0. The Morgan fingerprint density at radius 3 is 2.57 bits per heavy atom. The second kappa shape index (κ2) is 9.21. The van der Waals surface area contributed by atoms with Gasteiger partial charge in [-0.1, -0.05) is 6.92 Å². The van der Waals surface area contributed by atoms with E-state index in [1.54, 1.807) is 0 Å². The van der Waals surface area contributed by atoms with Crippen LogP contribution in [0.4, 0.5) is 23.2 Å². The van der Waals surface area contributed by atoms with Crippen molar-refractivity contribution in [2.24, 2.45) is 10.7 Å². The van der Waals surface area contributed by atoms with Crippen LogP contribution in [0.15, 0.2) is 41.5 Å². The number of rotatable bonds is 5. The van der Waals surface area contributed by atoms with Crippen LogP contribution in [0.25, 0.3) is 0 Å². The SMILES string of the molecule is CN=C(N)O[C@@H]([C@@H](C)c1cc(NC(=O)c2ccc(C#N)cn2)ccc1F)C(F)(F)F. The molecule has 0 bridgehead atoms. The fourth-order valence-corrected chi connectivity index (χ4v) is 2.56. The highest BCUT2D eigenvalue weighted by Gasteiger charge is 2.47. The Hall–Kier alpha value is -3.68. The first-order chi connectivity index (χ1) is 14.1. The number of carbonyl (C=O) groups is 1. The van der Waals surface area contributed by atoms with Gasteiger partial charge in [0.2, 0.25) is 6.10 Å². The van der Waals surface area contributed by atoms with Gasteiger partial charge >= 0.3 is 6.18 Å². The maximum atomic E-state index is 14.3. The van der Waals surface area contributed by atoms with Crippen molar-refractivity contribution in [1.29, 1.82) is 5.26 Å². The van der Waals surface area contributed by atoms with Crippen LogP contribution >= 0.6 is 0 Å². The predicted octanol–water partition coefficient (Wildman–Crippen LogP) is 3.34. The van der Waals surface area contributed by atoms with Gasteiger partial charge in [-0.15, -0.1) is 0 Å². The van der Waals surface area contributed by atoms with Crippen LogP contribution in [0.5, 0.6) is 0 Å². The number of hydrogen-bond donors (Lipinski definition) is 2. The number of nitrogens with one attached hydrogen (secondary N) is 1. The third-order valence-corrected chi connectivity index (χ3v) is 4.11. The number of nitriles is 1. The third-order valence-electron chi connectivity index (χ3n) is 4.11. The van der Waals surface area contributed by atoms with E-state index in [9.17, 15) is 22.4 Å². The van der Waals surface area contributed by atoms with Crippen molar-refractivity contribution >= 4 is 17.6 Å². The first-order valence-electron chi connectivity index (χ1n) is 8.49. The molecule has 0 spiro atoms. The summed E-state index contributed by atoms with van der Waals surface area (Å²) in [4.78, 5) is 19.4. The number of alkyl halides is 3. The number of aromatic nitrogens is 1. The number of hydrogen-bond acceptors (Lipinski definition) is 5. The number of carbonyl (C=O) groups excluding carboxylic acids is 1. The van der Waals surface area contributed by atoms with Crippen LogP contribution in [0.1, 0.15) is 34.5 Å². The van der Waals surface area contributed by atoms with Crippen LogP contribution in [0, 0.1) is 17.1 Å². The number of nitrogens with zero attached hydrogens (tertiary/aromatic N) is 3. The Balaban J connectivity index is 2.30. The second-order valence-corrected chi connectivity index (χ2v) is 6.16. The zero-order chi connectivity index (χ0) is 22.5. The van der Waals surface area contributed by atoms with Gasteiger partial charge in [-0.25, -0.2) is 14.4 Å². The first-order valence-corrected chi connectivity index (χ1v) is 8.49. The molecule has 1 amide bonds. The molecule has 2 atom stereocenters. The fraction of sp³-hybridized carbons (Fsp3) is 0.263. The number of nitrogens with two attached hydrogens (primary N) is 1. The Kier molecular flexibility index (Phi) is 6.94. The number of halogens is 4. The molecule has 30 heavy (non-hydrogen) atoms. The minimum atomic E-state index is -4.85. The van der Waals surface area contributed by atoms with Gasteiger partial charge in [0.25, 0.3) is 11.9 Å². The highest BCUT2D eigenvalue weighted by Crippen LogP contribution is 2.36. The minimum Gasteiger partial charge on any atom is -0.452 e. The van der Waals surface area contributed by atoms with Gasteiger partial charge in [0.05, 0.1) is 5.56 Å². The summed E-state index contributed by atoms with van der Waals surface area (Å²) in [6.07, 6.45) is -6.12. The van der Waals surface area contributed by atoms with Crippen molar-refractivity contribution in [3.05, 3.63) is 59.2 Å². The number of benzene rings is 1. The quantitative estimate of drug-likeness (QED) is 0.435. The maximum Gasteiger partial charge on any atom is 0.426 e. The molecule has 0 saturated carbocycles. The molecule has 0 unspecified atom stereocenters. The largest absolute Gasteiger partial charge is 0.452 e. The van der Waals surface area contributed by atoms with Crippen LogP contribution in [0.3, 0.4) is 0 Å². The van der Waals surface area contributed by atoms with E-state index < -0.39 is 35.9 Å². The second-order valence-electron chi connectivity index (χ2n) is 6.16. The zero-order valence-corrected chi connectivity index (χ0v) is 15.9. The highest BCUT2D eigenvalue weighted by molar-refractivity contribution is 6.02. The predicted molar refractivity (Wildman–Crippen MR) is 100 cm³/mol. The number of amidine groups is 1. The van der Waals surface area contributed by atoms with E-state index in [2.05, 4.69) is 20.0 Å². The van der Waals surface area contributed by atoms with Crippen molar-refractivity contribution in [2.45, 2.75) is 25.1 Å². The Labute approximate surface area is 169 Å². The summed E-state index contributed by atoms with van der Waals surface area (Å²) in [6.45, 7) is 1.12. The van der Waals surface area contributed by atoms with E-state index in [1.165, 1.54) is 24.4 Å². The molecule has 0 aliphatic heterocycles. The molecule has 11 heteroatoms. The van der Waals surface area contributed by atoms with Gasteiger partial charge in [-0.05, 0) is 35.9 Å². The third kappa shape index (κ3) is 5.44. The van der Waals surface area contributed by atoms with Crippen molar-refractivity contribution in [3.8, 4) is 6.07 Å². The number of pyridine rings is 1. The average Bonchev–Trinajstić information content (AvgIpc) is 2.71. The summed E-state index contributed by atoms with van der Waals surface area (Å²) in [7, 11) is 1.15. The summed E-state index contributed by atoms with van der Waals surface area (Å²) in [5, 5.41) is 11.2. The normalized spacial score (nSPS) is 13.8.